The van der Waals surface area contributed by atoms with Gasteiger partial charge in [0.05, 0.1) is 16.9 Å². The number of hydrogen-bond donors (Lipinski definition) is 4. The lowest BCUT2D eigenvalue weighted by atomic mass is 10.1. The smallest absolute Gasteiger partial charge is 0.266 e. The van der Waals surface area contributed by atoms with Crippen LogP contribution in [-0.4, -0.2) is 45.6 Å². The second kappa shape index (κ2) is 9.98. The number of halogens is 3. The van der Waals surface area contributed by atoms with Crippen LogP contribution in [0.4, 0.5) is 19.6 Å². The van der Waals surface area contributed by atoms with Crippen LogP contribution < -0.4 is 20.7 Å². The molecule has 0 amide bonds. The van der Waals surface area contributed by atoms with Crippen LogP contribution in [0.5, 0.6) is 0 Å². The van der Waals surface area contributed by atoms with Crippen molar-refractivity contribution in [2.75, 3.05) is 36.2 Å². The number of nitrogens with one attached hydrogen (secondary N) is 4. The van der Waals surface area contributed by atoms with Crippen molar-refractivity contribution in [3.05, 3.63) is 34.3 Å². The number of anilines is 2. The van der Waals surface area contributed by atoms with Crippen LogP contribution in [-0.2, 0) is 10.0 Å². The first-order valence-corrected chi connectivity index (χ1v) is 11.8. The summed E-state index contributed by atoms with van der Waals surface area (Å²) in [5, 5.41) is 8.94. The Morgan fingerprint density at radius 3 is 2.69 bits per heavy atom. The Kier molecular flexibility index (Phi) is 7.63. The molecule has 1 aliphatic heterocycles. The summed E-state index contributed by atoms with van der Waals surface area (Å²) in [7, 11) is -4.28. The average molecular weight is 466 g/mol. The number of rotatable bonds is 11. The maximum atomic E-state index is 14.4. The maximum Gasteiger partial charge on any atom is 0.266 e. The monoisotopic (exact) mass is 465 g/mol. The summed E-state index contributed by atoms with van der Waals surface area (Å²) in [4.78, 5) is 2.93. The van der Waals surface area contributed by atoms with E-state index in [2.05, 4.69) is 20.9 Å². The van der Waals surface area contributed by atoms with Crippen molar-refractivity contribution in [3.63, 3.8) is 0 Å². The van der Waals surface area contributed by atoms with E-state index in [1.54, 1.807) is 0 Å². The highest BCUT2D eigenvalue weighted by Crippen LogP contribution is 2.29. The van der Waals surface area contributed by atoms with Crippen molar-refractivity contribution in [2.45, 2.75) is 30.2 Å². The lowest BCUT2D eigenvalue weighted by Crippen LogP contribution is -2.49. The minimum atomic E-state index is -4.28. The molecule has 160 valence electrons. The number of aromatic nitrogens is 1. The molecule has 3 rings (SSSR count). The molecule has 1 aromatic carbocycles. The average Bonchev–Trinajstić information content (AvgIpc) is 3.02. The van der Waals surface area contributed by atoms with Crippen molar-refractivity contribution >= 4 is 43.8 Å². The zero-order valence-corrected chi connectivity index (χ0v) is 17.9. The standard InChI is InChI=1S/C17H22ClF2N5O2S2/c18-12-7-15(29(26,27)25-17-24-10-16(20)28-17)13(19)8-14(12)23-5-2-1-4-21-9-11-3-6-22-11/h7-8,10-11,21-23H,1-6,9H2,(H,24,25)/t11-/m1/s1. The fraction of sp³-hybridized carbons (Fsp3) is 0.471. The topological polar surface area (TPSA) is 95.2 Å². The molecule has 0 spiro atoms. The molecule has 0 radical (unpaired) electrons. The molecular formula is C17H22ClF2N5O2S2. The Bertz CT molecular complexity index is 938. The van der Waals surface area contributed by atoms with E-state index in [0.29, 0.717) is 29.6 Å². The molecule has 7 nitrogen and oxygen atoms in total. The third-order valence-corrected chi connectivity index (χ3v) is 6.92. The van der Waals surface area contributed by atoms with Gasteiger partial charge in [-0.3, -0.25) is 4.72 Å². The number of nitrogens with zero attached hydrogens (tertiary/aromatic N) is 1. The van der Waals surface area contributed by atoms with E-state index in [1.807, 2.05) is 4.72 Å². The van der Waals surface area contributed by atoms with E-state index in [0.717, 1.165) is 50.8 Å². The molecule has 0 bridgehead atoms. The highest BCUT2D eigenvalue weighted by molar-refractivity contribution is 7.93. The molecule has 29 heavy (non-hydrogen) atoms. The van der Waals surface area contributed by atoms with Gasteiger partial charge in [-0.1, -0.05) is 22.9 Å². The van der Waals surface area contributed by atoms with Gasteiger partial charge < -0.3 is 16.0 Å². The van der Waals surface area contributed by atoms with Crippen LogP contribution in [0.2, 0.25) is 5.02 Å². The van der Waals surface area contributed by atoms with Gasteiger partial charge in [-0.2, -0.15) is 4.39 Å². The fourth-order valence-electron chi connectivity index (χ4n) is 2.74. The molecule has 12 heteroatoms. The Balaban J connectivity index is 1.50. The Labute approximate surface area is 177 Å². The minimum Gasteiger partial charge on any atom is -0.384 e. The molecule has 4 N–H and O–H groups in total. The van der Waals surface area contributed by atoms with Gasteiger partial charge in [0.2, 0.25) is 0 Å². The third kappa shape index (κ3) is 6.22. The Hall–Kier alpha value is -1.53. The van der Waals surface area contributed by atoms with Gasteiger partial charge >= 0.3 is 0 Å². The van der Waals surface area contributed by atoms with Crippen LogP contribution in [0, 0.1) is 10.9 Å². The van der Waals surface area contributed by atoms with E-state index in [1.165, 1.54) is 6.42 Å². The molecule has 1 aromatic heterocycles. The first kappa shape index (κ1) is 22.2. The van der Waals surface area contributed by atoms with Gasteiger partial charge in [0.1, 0.15) is 10.7 Å². The SMILES string of the molecule is O=S(=O)(Nc1ncc(F)s1)c1cc(Cl)c(NCCCCNC[C@H]2CCN2)cc1F. The number of thiazole rings is 1. The quantitative estimate of drug-likeness (QED) is 0.381. The lowest BCUT2D eigenvalue weighted by molar-refractivity contribution is 0.353. The maximum absolute atomic E-state index is 14.4. The summed E-state index contributed by atoms with van der Waals surface area (Å²) in [6, 6.07) is 2.65. The number of unbranched alkanes of at least 4 members (excludes halogenated alkanes) is 1. The van der Waals surface area contributed by atoms with E-state index in [-0.39, 0.29) is 10.2 Å². The normalized spacial score (nSPS) is 16.4. The van der Waals surface area contributed by atoms with Crippen molar-refractivity contribution in [2.24, 2.45) is 0 Å². The van der Waals surface area contributed by atoms with Crippen LogP contribution in [0.25, 0.3) is 0 Å². The van der Waals surface area contributed by atoms with Gasteiger partial charge in [0.15, 0.2) is 10.3 Å². The molecule has 0 saturated carbocycles. The second-order valence-electron chi connectivity index (χ2n) is 6.62. The van der Waals surface area contributed by atoms with Crippen LogP contribution >= 0.6 is 22.9 Å². The lowest BCUT2D eigenvalue weighted by Gasteiger charge is -2.27. The summed E-state index contributed by atoms with van der Waals surface area (Å²) >= 11 is 6.62. The minimum absolute atomic E-state index is 0.0753. The molecule has 2 aromatic rings. The van der Waals surface area contributed by atoms with Crippen molar-refractivity contribution < 1.29 is 17.2 Å². The van der Waals surface area contributed by atoms with Gasteiger partial charge in [-0.15, -0.1) is 0 Å². The zero-order chi connectivity index (χ0) is 20.9. The summed E-state index contributed by atoms with van der Waals surface area (Å²) in [6.07, 6.45) is 3.88. The molecule has 0 unspecified atom stereocenters. The van der Waals surface area contributed by atoms with E-state index >= 15 is 0 Å². The summed E-state index contributed by atoms with van der Waals surface area (Å²) in [5.74, 6) is -0.962. The molecule has 1 fully saturated rings. The number of benzene rings is 1. The number of sulfonamides is 1. The first-order chi connectivity index (χ1) is 13.8. The molecule has 1 aliphatic rings. The van der Waals surface area contributed by atoms with Crippen molar-refractivity contribution in [3.8, 4) is 0 Å². The fourth-order valence-corrected chi connectivity index (χ4v) is 4.91. The molecular weight excluding hydrogens is 444 g/mol. The second-order valence-corrected chi connectivity index (χ2v) is 9.65. The molecule has 1 atom stereocenters. The van der Waals surface area contributed by atoms with Crippen LogP contribution in [0.1, 0.15) is 19.3 Å². The van der Waals surface area contributed by atoms with Crippen LogP contribution in [0.15, 0.2) is 23.2 Å². The van der Waals surface area contributed by atoms with E-state index in [9.17, 15) is 17.2 Å². The van der Waals surface area contributed by atoms with Crippen LogP contribution in [0.3, 0.4) is 0 Å². The third-order valence-electron chi connectivity index (χ3n) is 4.42. The highest BCUT2D eigenvalue weighted by Gasteiger charge is 2.23. The predicted octanol–water partition coefficient (Wildman–Crippen LogP) is 3.02. The number of hydrogen-bond acceptors (Lipinski definition) is 7. The Morgan fingerprint density at radius 1 is 1.28 bits per heavy atom. The van der Waals surface area contributed by atoms with Crippen molar-refractivity contribution in [1.82, 2.24) is 15.6 Å². The first-order valence-electron chi connectivity index (χ1n) is 9.16. The van der Waals surface area contributed by atoms with E-state index < -0.39 is 25.9 Å². The van der Waals surface area contributed by atoms with Gasteiger partial charge in [0, 0.05) is 19.1 Å². The summed E-state index contributed by atoms with van der Waals surface area (Å²) in [5.41, 5.74) is 0.315. The molecule has 0 aliphatic carbocycles. The predicted molar refractivity (Wildman–Crippen MR) is 111 cm³/mol. The Morgan fingerprint density at radius 2 is 2.03 bits per heavy atom. The van der Waals surface area contributed by atoms with Crippen molar-refractivity contribution in [1.29, 1.82) is 0 Å². The largest absolute Gasteiger partial charge is 0.384 e. The highest BCUT2D eigenvalue weighted by atomic mass is 35.5. The zero-order valence-electron chi connectivity index (χ0n) is 15.5. The van der Waals surface area contributed by atoms with Gasteiger partial charge in [0.25, 0.3) is 10.0 Å². The molecule has 1 saturated heterocycles. The molecule has 2 heterocycles. The summed E-state index contributed by atoms with van der Waals surface area (Å²) in [6.45, 7) is 3.52. The van der Waals surface area contributed by atoms with E-state index in [4.69, 9.17) is 11.6 Å². The van der Waals surface area contributed by atoms with Gasteiger partial charge in [-0.25, -0.2) is 17.8 Å². The summed E-state index contributed by atoms with van der Waals surface area (Å²) < 4.78 is 54.1. The van der Waals surface area contributed by atoms with Gasteiger partial charge in [-0.05, 0) is 44.5 Å².